The molecule has 1 aromatic heterocycles. The van der Waals surface area contributed by atoms with Crippen LogP contribution in [0, 0.1) is 21.4 Å². The Balaban J connectivity index is 2.04. The van der Waals surface area contributed by atoms with Gasteiger partial charge in [-0.2, -0.15) is 5.26 Å². The zero-order valence-electron chi connectivity index (χ0n) is 12.1. The molecule has 7 heteroatoms. The number of pyridine rings is 1. The highest BCUT2D eigenvalue weighted by atomic mass is 16.6. The van der Waals surface area contributed by atoms with Crippen LogP contribution in [-0.4, -0.2) is 40.5 Å². The van der Waals surface area contributed by atoms with Crippen molar-refractivity contribution in [3.63, 3.8) is 0 Å². The van der Waals surface area contributed by atoms with Crippen molar-refractivity contribution >= 4 is 11.5 Å². The number of nitrogens with one attached hydrogen (secondary N) is 1. The largest absolute Gasteiger partial charge is 0.362 e. The molecule has 0 unspecified atom stereocenters. The number of hydrogen-bond acceptors (Lipinski definition) is 6. The molecule has 0 bridgehead atoms. The van der Waals surface area contributed by atoms with Crippen molar-refractivity contribution in [2.24, 2.45) is 0 Å². The summed E-state index contributed by atoms with van der Waals surface area (Å²) in [5.41, 5.74) is 0.0649. The first-order chi connectivity index (χ1) is 10.1. The van der Waals surface area contributed by atoms with Gasteiger partial charge in [0, 0.05) is 31.4 Å². The zero-order valence-corrected chi connectivity index (χ0v) is 12.1. The summed E-state index contributed by atoms with van der Waals surface area (Å²) in [6.45, 7) is 5.25. The van der Waals surface area contributed by atoms with Gasteiger partial charge in [-0.3, -0.25) is 10.1 Å². The summed E-state index contributed by atoms with van der Waals surface area (Å²) >= 11 is 0. The number of nitro groups is 1. The van der Waals surface area contributed by atoms with Gasteiger partial charge in [-0.25, -0.2) is 4.98 Å². The molecular formula is C14H19N5O2. The van der Waals surface area contributed by atoms with E-state index in [1.807, 2.05) is 6.07 Å². The van der Waals surface area contributed by atoms with Crippen LogP contribution in [0.5, 0.6) is 0 Å². The number of aromatic nitrogens is 1. The van der Waals surface area contributed by atoms with E-state index in [2.05, 4.69) is 22.1 Å². The van der Waals surface area contributed by atoms with Crippen LogP contribution in [0.25, 0.3) is 0 Å². The average Bonchev–Trinajstić information content (AvgIpc) is 2.49. The van der Waals surface area contributed by atoms with Gasteiger partial charge in [-0.15, -0.1) is 0 Å². The lowest BCUT2D eigenvalue weighted by Gasteiger charge is -2.32. The third kappa shape index (κ3) is 3.89. The monoisotopic (exact) mass is 289 g/mol. The lowest BCUT2D eigenvalue weighted by atomic mass is 10.0. The summed E-state index contributed by atoms with van der Waals surface area (Å²) in [6.07, 6.45) is 4.39. The van der Waals surface area contributed by atoms with Gasteiger partial charge in [0.2, 0.25) is 5.82 Å². The highest BCUT2D eigenvalue weighted by Crippen LogP contribution is 2.25. The fourth-order valence-electron chi connectivity index (χ4n) is 2.58. The number of rotatable bonds is 5. The van der Waals surface area contributed by atoms with Gasteiger partial charge in [0.05, 0.1) is 10.5 Å². The van der Waals surface area contributed by atoms with Crippen molar-refractivity contribution in [2.75, 3.05) is 25.0 Å². The highest BCUT2D eigenvalue weighted by molar-refractivity contribution is 5.58. The molecule has 1 aliphatic rings. The van der Waals surface area contributed by atoms with E-state index in [1.54, 1.807) is 0 Å². The summed E-state index contributed by atoms with van der Waals surface area (Å²) in [5.74, 6) is 0.257. The molecule has 0 saturated carbocycles. The minimum absolute atomic E-state index is 0.134. The predicted molar refractivity (Wildman–Crippen MR) is 79.0 cm³/mol. The molecule has 0 amide bonds. The Labute approximate surface area is 123 Å². The zero-order chi connectivity index (χ0) is 15.2. The van der Waals surface area contributed by atoms with Crippen molar-refractivity contribution < 1.29 is 4.92 Å². The molecule has 21 heavy (non-hydrogen) atoms. The summed E-state index contributed by atoms with van der Waals surface area (Å²) in [6, 6.07) is 3.33. The Morgan fingerprint density at radius 2 is 2.29 bits per heavy atom. The Kier molecular flexibility index (Phi) is 5.06. The van der Waals surface area contributed by atoms with E-state index < -0.39 is 4.92 Å². The maximum Gasteiger partial charge on any atom is 0.312 e. The fourth-order valence-corrected chi connectivity index (χ4v) is 2.58. The molecule has 0 spiro atoms. The highest BCUT2D eigenvalue weighted by Gasteiger charge is 2.23. The van der Waals surface area contributed by atoms with E-state index in [4.69, 9.17) is 5.26 Å². The Bertz CT molecular complexity index is 547. The van der Waals surface area contributed by atoms with Gasteiger partial charge < -0.3 is 10.2 Å². The topological polar surface area (TPSA) is 95.1 Å². The van der Waals surface area contributed by atoms with Crippen LogP contribution in [0.1, 0.15) is 31.7 Å². The van der Waals surface area contributed by atoms with Crippen LogP contribution >= 0.6 is 0 Å². The third-order valence-corrected chi connectivity index (χ3v) is 3.66. The summed E-state index contributed by atoms with van der Waals surface area (Å²) in [4.78, 5) is 17.0. The predicted octanol–water partition coefficient (Wildman–Crippen LogP) is 2.15. The number of nitrogens with zero attached hydrogens (tertiary/aromatic N) is 4. The van der Waals surface area contributed by atoms with E-state index in [-0.39, 0.29) is 23.1 Å². The molecule has 1 aromatic rings. The minimum Gasteiger partial charge on any atom is -0.362 e. The first-order valence-corrected chi connectivity index (χ1v) is 7.17. The number of anilines is 1. The Morgan fingerprint density at radius 1 is 1.57 bits per heavy atom. The molecule has 2 heterocycles. The van der Waals surface area contributed by atoms with Crippen molar-refractivity contribution in [1.82, 2.24) is 9.88 Å². The van der Waals surface area contributed by atoms with E-state index in [0.717, 1.165) is 38.9 Å². The smallest absolute Gasteiger partial charge is 0.312 e. The lowest BCUT2D eigenvalue weighted by molar-refractivity contribution is -0.384. The first kappa shape index (κ1) is 15.2. The number of nitriles is 1. The molecule has 2 rings (SSSR count). The van der Waals surface area contributed by atoms with Crippen molar-refractivity contribution in [1.29, 1.82) is 5.26 Å². The van der Waals surface area contributed by atoms with Crippen molar-refractivity contribution in [3.05, 3.63) is 27.9 Å². The number of likely N-dealkylation sites (tertiary alicyclic amines) is 1. The van der Waals surface area contributed by atoms with Crippen LogP contribution in [0.3, 0.4) is 0 Å². The van der Waals surface area contributed by atoms with Gasteiger partial charge >= 0.3 is 5.69 Å². The second-order valence-electron chi connectivity index (χ2n) is 5.22. The van der Waals surface area contributed by atoms with Crippen LogP contribution in [0.4, 0.5) is 11.5 Å². The number of hydrogen-bond donors (Lipinski definition) is 1. The average molecular weight is 289 g/mol. The second-order valence-corrected chi connectivity index (χ2v) is 5.22. The van der Waals surface area contributed by atoms with Crippen molar-refractivity contribution in [3.8, 4) is 6.07 Å². The molecule has 1 fully saturated rings. The molecule has 1 aliphatic heterocycles. The third-order valence-electron chi connectivity index (χ3n) is 3.66. The van der Waals surface area contributed by atoms with Crippen LogP contribution in [0.15, 0.2) is 12.3 Å². The lowest BCUT2D eigenvalue weighted by Crippen LogP contribution is -2.39. The van der Waals surface area contributed by atoms with Crippen LogP contribution in [0.2, 0.25) is 0 Å². The van der Waals surface area contributed by atoms with E-state index in [0.29, 0.717) is 0 Å². The molecule has 0 aromatic carbocycles. The SMILES string of the molecule is CCCN1CCC(Nc2ncc(C#N)cc2[N+](=O)[O-])CC1. The normalized spacial score (nSPS) is 16.4. The summed E-state index contributed by atoms with van der Waals surface area (Å²) < 4.78 is 0. The molecule has 7 nitrogen and oxygen atoms in total. The van der Waals surface area contributed by atoms with E-state index in [9.17, 15) is 10.1 Å². The fraction of sp³-hybridized carbons (Fsp3) is 0.571. The van der Waals surface area contributed by atoms with E-state index >= 15 is 0 Å². The molecule has 0 radical (unpaired) electrons. The molecule has 0 aliphatic carbocycles. The minimum atomic E-state index is -0.498. The summed E-state index contributed by atoms with van der Waals surface area (Å²) in [5, 5.41) is 23.0. The molecule has 1 saturated heterocycles. The van der Waals surface area contributed by atoms with Gasteiger partial charge in [-0.1, -0.05) is 6.92 Å². The van der Waals surface area contributed by atoms with Gasteiger partial charge in [-0.05, 0) is 25.8 Å². The van der Waals surface area contributed by atoms with Crippen LogP contribution < -0.4 is 5.32 Å². The maximum absolute atomic E-state index is 11.1. The van der Waals surface area contributed by atoms with Gasteiger partial charge in [0.15, 0.2) is 0 Å². The maximum atomic E-state index is 11.1. The van der Waals surface area contributed by atoms with E-state index in [1.165, 1.54) is 12.3 Å². The Morgan fingerprint density at radius 3 is 2.86 bits per heavy atom. The number of piperidine rings is 1. The Hall–Kier alpha value is -2.20. The molecule has 1 N–H and O–H groups in total. The van der Waals surface area contributed by atoms with Crippen LogP contribution in [-0.2, 0) is 0 Å². The van der Waals surface area contributed by atoms with Crippen molar-refractivity contribution in [2.45, 2.75) is 32.2 Å². The standard InChI is InChI=1S/C14H19N5O2/c1-2-5-18-6-3-12(4-7-18)17-14-13(19(20)21)8-11(9-15)10-16-14/h8,10,12H,2-7H2,1H3,(H,16,17). The van der Waals surface area contributed by atoms with Gasteiger partial charge in [0.1, 0.15) is 6.07 Å². The second kappa shape index (κ2) is 6.99. The quantitative estimate of drug-likeness (QED) is 0.659. The first-order valence-electron chi connectivity index (χ1n) is 7.17. The molecule has 112 valence electrons. The summed E-state index contributed by atoms with van der Waals surface area (Å²) in [7, 11) is 0. The van der Waals surface area contributed by atoms with Gasteiger partial charge in [0.25, 0.3) is 0 Å². The molecule has 0 atom stereocenters. The molecular weight excluding hydrogens is 270 g/mol.